The topological polar surface area (TPSA) is 12.0 Å². The highest BCUT2D eigenvalue weighted by atomic mass is 79.9. The standard InChI is InChI=1S/C12H17BrFN/c1-3-11(15-4-2)7-9-5-6-10(14)8-12(9)13/h5-6,8,11,15H,3-4,7H2,1-2H3. The summed E-state index contributed by atoms with van der Waals surface area (Å²) in [6.45, 7) is 5.23. The molecule has 1 N–H and O–H groups in total. The smallest absolute Gasteiger partial charge is 0.124 e. The fraction of sp³-hybridized carbons (Fsp3) is 0.500. The van der Waals surface area contributed by atoms with E-state index in [9.17, 15) is 4.39 Å². The van der Waals surface area contributed by atoms with Crippen molar-refractivity contribution in [3.05, 3.63) is 34.1 Å². The first-order valence-electron chi connectivity index (χ1n) is 5.34. The van der Waals surface area contributed by atoms with E-state index in [2.05, 4.69) is 35.1 Å². The largest absolute Gasteiger partial charge is 0.314 e. The van der Waals surface area contributed by atoms with Crippen LogP contribution in [0.15, 0.2) is 22.7 Å². The third kappa shape index (κ3) is 3.92. The molecular weight excluding hydrogens is 257 g/mol. The molecule has 1 aromatic carbocycles. The van der Waals surface area contributed by atoms with Crippen molar-refractivity contribution in [2.24, 2.45) is 0 Å². The predicted molar refractivity (Wildman–Crippen MR) is 65.6 cm³/mol. The molecule has 0 saturated carbocycles. The molecule has 0 amide bonds. The van der Waals surface area contributed by atoms with Gasteiger partial charge in [0.25, 0.3) is 0 Å². The first kappa shape index (κ1) is 12.7. The number of halogens is 2. The van der Waals surface area contributed by atoms with Gasteiger partial charge in [0, 0.05) is 10.5 Å². The van der Waals surface area contributed by atoms with Crippen molar-refractivity contribution in [2.75, 3.05) is 6.54 Å². The summed E-state index contributed by atoms with van der Waals surface area (Å²) < 4.78 is 13.7. The highest BCUT2D eigenvalue weighted by Gasteiger charge is 2.08. The van der Waals surface area contributed by atoms with Crippen LogP contribution >= 0.6 is 15.9 Å². The second-order valence-electron chi connectivity index (χ2n) is 3.60. The lowest BCUT2D eigenvalue weighted by Gasteiger charge is -2.16. The maximum absolute atomic E-state index is 12.9. The minimum atomic E-state index is -0.192. The van der Waals surface area contributed by atoms with Crippen LogP contribution in [-0.4, -0.2) is 12.6 Å². The zero-order chi connectivity index (χ0) is 11.3. The molecule has 1 rings (SSSR count). The summed E-state index contributed by atoms with van der Waals surface area (Å²) in [6.07, 6.45) is 2.02. The van der Waals surface area contributed by atoms with E-state index in [1.807, 2.05) is 6.07 Å². The van der Waals surface area contributed by atoms with E-state index >= 15 is 0 Å². The van der Waals surface area contributed by atoms with E-state index in [0.29, 0.717) is 6.04 Å². The lowest BCUT2D eigenvalue weighted by molar-refractivity contribution is 0.509. The summed E-state index contributed by atoms with van der Waals surface area (Å²) in [7, 11) is 0. The van der Waals surface area contributed by atoms with Crippen LogP contribution in [-0.2, 0) is 6.42 Å². The van der Waals surface area contributed by atoms with E-state index in [-0.39, 0.29) is 5.82 Å². The van der Waals surface area contributed by atoms with Gasteiger partial charge < -0.3 is 5.32 Å². The summed E-state index contributed by atoms with van der Waals surface area (Å²) in [6, 6.07) is 5.35. The van der Waals surface area contributed by atoms with Crippen molar-refractivity contribution in [1.82, 2.24) is 5.32 Å². The highest BCUT2D eigenvalue weighted by molar-refractivity contribution is 9.10. The maximum atomic E-state index is 12.9. The van der Waals surface area contributed by atoms with E-state index in [0.717, 1.165) is 29.4 Å². The van der Waals surface area contributed by atoms with Crippen LogP contribution in [0.4, 0.5) is 4.39 Å². The van der Waals surface area contributed by atoms with Crippen LogP contribution in [0.25, 0.3) is 0 Å². The molecule has 0 aliphatic rings. The van der Waals surface area contributed by atoms with Crippen LogP contribution in [0.3, 0.4) is 0 Å². The van der Waals surface area contributed by atoms with Crippen LogP contribution in [0.5, 0.6) is 0 Å². The van der Waals surface area contributed by atoms with Crippen molar-refractivity contribution >= 4 is 15.9 Å². The Morgan fingerprint density at radius 1 is 1.40 bits per heavy atom. The molecule has 3 heteroatoms. The second kappa shape index (κ2) is 6.23. The number of benzene rings is 1. The molecule has 15 heavy (non-hydrogen) atoms. The Bertz CT molecular complexity index is 314. The van der Waals surface area contributed by atoms with Crippen LogP contribution < -0.4 is 5.32 Å². The first-order chi connectivity index (χ1) is 7.17. The second-order valence-corrected chi connectivity index (χ2v) is 4.46. The third-order valence-electron chi connectivity index (χ3n) is 2.47. The van der Waals surface area contributed by atoms with Gasteiger partial charge >= 0.3 is 0 Å². The minimum Gasteiger partial charge on any atom is -0.314 e. The minimum absolute atomic E-state index is 0.192. The molecule has 0 aliphatic heterocycles. The molecule has 0 heterocycles. The van der Waals surface area contributed by atoms with Gasteiger partial charge in [-0.3, -0.25) is 0 Å². The molecule has 0 fully saturated rings. The van der Waals surface area contributed by atoms with Crippen molar-refractivity contribution < 1.29 is 4.39 Å². The summed E-state index contributed by atoms with van der Waals surface area (Å²) >= 11 is 3.39. The summed E-state index contributed by atoms with van der Waals surface area (Å²) in [5.74, 6) is -0.192. The summed E-state index contributed by atoms with van der Waals surface area (Å²) in [5, 5.41) is 3.41. The van der Waals surface area contributed by atoms with Crippen LogP contribution in [0, 0.1) is 5.82 Å². The molecule has 0 radical (unpaired) electrons. The lowest BCUT2D eigenvalue weighted by atomic mass is 10.0. The average Bonchev–Trinajstić information content (AvgIpc) is 2.21. The van der Waals surface area contributed by atoms with Gasteiger partial charge in [-0.1, -0.05) is 35.8 Å². The van der Waals surface area contributed by atoms with E-state index in [4.69, 9.17) is 0 Å². The van der Waals surface area contributed by atoms with Gasteiger partial charge in [0.2, 0.25) is 0 Å². The molecule has 0 bridgehead atoms. The molecule has 1 nitrogen and oxygen atoms in total. The fourth-order valence-corrected chi connectivity index (χ4v) is 2.11. The van der Waals surface area contributed by atoms with Gasteiger partial charge in [0.05, 0.1) is 0 Å². The van der Waals surface area contributed by atoms with Gasteiger partial charge in [-0.15, -0.1) is 0 Å². The van der Waals surface area contributed by atoms with E-state index < -0.39 is 0 Å². The van der Waals surface area contributed by atoms with Crippen LogP contribution in [0.1, 0.15) is 25.8 Å². The third-order valence-corrected chi connectivity index (χ3v) is 3.21. The monoisotopic (exact) mass is 273 g/mol. The Morgan fingerprint density at radius 2 is 2.13 bits per heavy atom. The Morgan fingerprint density at radius 3 is 2.67 bits per heavy atom. The SMILES string of the molecule is CCNC(CC)Cc1ccc(F)cc1Br. The normalized spacial score (nSPS) is 12.8. The number of likely N-dealkylation sites (N-methyl/N-ethyl adjacent to an activating group) is 1. The Balaban J connectivity index is 2.70. The quantitative estimate of drug-likeness (QED) is 0.866. The van der Waals surface area contributed by atoms with Gasteiger partial charge in [-0.25, -0.2) is 4.39 Å². The number of hydrogen-bond acceptors (Lipinski definition) is 1. The van der Waals surface area contributed by atoms with E-state index in [1.54, 1.807) is 0 Å². The van der Waals surface area contributed by atoms with Crippen molar-refractivity contribution in [2.45, 2.75) is 32.7 Å². The molecule has 1 atom stereocenters. The predicted octanol–water partition coefficient (Wildman–Crippen LogP) is 3.52. The van der Waals surface area contributed by atoms with Gasteiger partial charge in [-0.05, 0) is 37.1 Å². The lowest BCUT2D eigenvalue weighted by Crippen LogP contribution is -2.30. The average molecular weight is 274 g/mol. The Hall–Kier alpha value is -0.410. The maximum Gasteiger partial charge on any atom is 0.124 e. The van der Waals surface area contributed by atoms with Gasteiger partial charge in [0.1, 0.15) is 5.82 Å². The molecule has 0 saturated heterocycles. The molecular formula is C12H17BrFN. The highest BCUT2D eigenvalue weighted by Crippen LogP contribution is 2.20. The molecule has 0 aliphatic carbocycles. The zero-order valence-corrected chi connectivity index (χ0v) is 10.8. The van der Waals surface area contributed by atoms with Crippen molar-refractivity contribution in [3.8, 4) is 0 Å². The Kier molecular flexibility index (Phi) is 5.26. The van der Waals surface area contributed by atoms with Gasteiger partial charge in [0.15, 0.2) is 0 Å². The molecule has 0 spiro atoms. The zero-order valence-electron chi connectivity index (χ0n) is 9.19. The van der Waals surface area contributed by atoms with Crippen molar-refractivity contribution in [3.63, 3.8) is 0 Å². The summed E-state index contributed by atoms with van der Waals surface area (Å²) in [5.41, 5.74) is 1.16. The number of nitrogens with one attached hydrogen (secondary N) is 1. The van der Waals surface area contributed by atoms with E-state index in [1.165, 1.54) is 12.1 Å². The van der Waals surface area contributed by atoms with Crippen molar-refractivity contribution in [1.29, 1.82) is 0 Å². The summed E-state index contributed by atoms with van der Waals surface area (Å²) in [4.78, 5) is 0. The number of hydrogen-bond donors (Lipinski definition) is 1. The number of rotatable bonds is 5. The van der Waals surface area contributed by atoms with Gasteiger partial charge in [-0.2, -0.15) is 0 Å². The molecule has 1 unspecified atom stereocenters. The van der Waals surface area contributed by atoms with Crippen LogP contribution in [0.2, 0.25) is 0 Å². The fourth-order valence-electron chi connectivity index (χ4n) is 1.60. The molecule has 1 aromatic rings. The molecule has 0 aromatic heterocycles. The first-order valence-corrected chi connectivity index (χ1v) is 6.14. The molecule has 84 valence electrons. The Labute approximate surface area is 99.2 Å².